The smallest absolute Gasteiger partial charge is 0.500 e. The fourth-order valence-corrected chi connectivity index (χ4v) is 11.1. The van der Waals surface area contributed by atoms with Crippen LogP contribution in [-0.2, 0) is 21.1 Å². The van der Waals surface area contributed by atoms with E-state index in [1.165, 1.54) is 6.07 Å². The number of furan rings is 1. The zero-order valence-electron chi connectivity index (χ0n) is 53.1. The van der Waals surface area contributed by atoms with Gasteiger partial charge in [-0.25, -0.2) is 0 Å². The maximum Gasteiger partial charge on any atom is 2.00 e. The second-order valence-corrected chi connectivity index (χ2v) is 21.6. The third-order valence-corrected chi connectivity index (χ3v) is 16.2. The minimum absolute atomic E-state index is 0. The second kappa shape index (κ2) is 19.2. The van der Waals surface area contributed by atoms with E-state index in [0.29, 0.717) is 33.4 Å². The van der Waals surface area contributed by atoms with Crippen molar-refractivity contribution in [3.63, 3.8) is 0 Å². The fourth-order valence-electron chi connectivity index (χ4n) is 11.1. The van der Waals surface area contributed by atoms with Crippen LogP contribution in [0, 0.1) is 64.3 Å². The topological polar surface area (TPSA) is 48.2 Å². The Kier molecular flexibility index (Phi) is 10.1. The molecule has 11 aromatic rings. The van der Waals surface area contributed by atoms with Crippen molar-refractivity contribution in [1.29, 1.82) is 0 Å². The number of aryl methyl sites for hydroxylation is 5. The molecule has 0 saturated heterocycles. The van der Waals surface area contributed by atoms with Crippen molar-refractivity contribution in [2.45, 2.75) is 94.2 Å². The second-order valence-electron chi connectivity index (χ2n) is 21.6. The zero-order chi connectivity index (χ0) is 59.6. The van der Waals surface area contributed by atoms with Gasteiger partial charge in [0, 0.05) is 48.4 Å². The van der Waals surface area contributed by atoms with Gasteiger partial charge in [-0.3, -0.25) is 0 Å². The van der Waals surface area contributed by atoms with Crippen LogP contribution in [0.4, 0.5) is 0 Å². The van der Waals surface area contributed by atoms with Gasteiger partial charge < -0.3 is 19.1 Å². The Morgan fingerprint density at radius 1 is 0.587 bits per heavy atom. The van der Waals surface area contributed by atoms with Crippen molar-refractivity contribution < 1.29 is 43.9 Å². The molecule has 0 N–H and O–H groups in total. The number of aromatic nitrogens is 2. The molecule has 0 aliphatic heterocycles. The van der Waals surface area contributed by atoms with Gasteiger partial charge in [0.1, 0.15) is 5.58 Å². The van der Waals surface area contributed by atoms with Crippen LogP contribution in [-0.4, -0.2) is 9.97 Å². The largest absolute Gasteiger partial charge is 2.00 e. The van der Waals surface area contributed by atoms with Gasteiger partial charge in [0.25, 0.3) is 0 Å². The van der Waals surface area contributed by atoms with Gasteiger partial charge in [0.2, 0.25) is 0 Å². The molecule has 8 aromatic carbocycles. The quantitative estimate of drug-likeness (QED) is 0.112. The number of nitrogens with zero attached hydrogens (tertiary/aromatic N) is 2. The molecule has 3 heterocycles. The molecule has 1 atom stereocenters. The summed E-state index contributed by atoms with van der Waals surface area (Å²) >= 11 is 0. The minimum atomic E-state index is -2.83. The molecule has 3 aromatic heterocycles. The summed E-state index contributed by atoms with van der Waals surface area (Å²) in [5, 5.41) is 5.36. The molecule has 1 saturated carbocycles. The first-order valence-electron chi connectivity index (χ1n) is 30.4. The molecule has 1 aliphatic carbocycles. The monoisotopic (exact) mass is 1170 g/mol. The summed E-state index contributed by atoms with van der Waals surface area (Å²) in [5.41, 5.74) is 10.6. The molecule has 1 aliphatic rings. The van der Waals surface area contributed by atoms with Crippen LogP contribution >= 0.6 is 0 Å². The summed E-state index contributed by atoms with van der Waals surface area (Å²) in [4.78, 5) is 9.51. The van der Waals surface area contributed by atoms with Crippen LogP contribution in [0.2, 0.25) is 0 Å². The normalized spacial score (nSPS) is 18.6. The van der Waals surface area contributed by atoms with E-state index in [-0.39, 0.29) is 65.8 Å². The number of fused-ring (bicyclic) bond motifs is 7. The molecular formula is C70H62N2O2Pt. The molecule has 0 radical (unpaired) electrons. The third kappa shape index (κ3) is 8.89. The average molecular weight is 1170 g/mol. The first kappa shape index (κ1) is 39.3. The van der Waals surface area contributed by atoms with Crippen LogP contribution < -0.4 is 4.74 Å². The van der Waals surface area contributed by atoms with E-state index in [0.717, 1.165) is 96.9 Å². The maximum atomic E-state index is 9.69. The van der Waals surface area contributed by atoms with Gasteiger partial charge in [-0.1, -0.05) is 208 Å². The van der Waals surface area contributed by atoms with Crippen LogP contribution in [0.1, 0.15) is 106 Å². The van der Waals surface area contributed by atoms with Crippen molar-refractivity contribution in [2.24, 2.45) is 10.8 Å². The van der Waals surface area contributed by atoms with Gasteiger partial charge in [-0.15, -0.1) is 11.6 Å². The Morgan fingerprint density at radius 3 is 2.12 bits per heavy atom. The Balaban J connectivity index is 0.00000752. The molecule has 0 amide bonds. The number of pyridine rings is 2. The maximum absolute atomic E-state index is 9.69. The summed E-state index contributed by atoms with van der Waals surface area (Å²) in [6, 6.07) is 51.6. The predicted octanol–water partition coefficient (Wildman–Crippen LogP) is 19.6. The first-order chi connectivity index (χ1) is 39.6. The Morgan fingerprint density at radius 2 is 1.33 bits per heavy atom. The van der Waals surface area contributed by atoms with Crippen molar-refractivity contribution in [3.8, 4) is 67.4 Å². The van der Waals surface area contributed by atoms with E-state index in [2.05, 4.69) is 125 Å². The van der Waals surface area contributed by atoms with Gasteiger partial charge >= 0.3 is 21.1 Å². The molecule has 1 fully saturated rings. The fraction of sp³-hybridized carbons (Fsp3) is 0.229. The average Bonchev–Trinajstić information content (AvgIpc) is 1.99. The molecular weight excluding hydrogens is 1100 g/mol. The summed E-state index contributed by atoms with van der Waals surface area (Å²) in [7, 11) is 0. The molecule has 374 valence electrons. The van der Waals surface area contributed by atoms with E-state index in [4.69, 9.17) is 26.5 Å². The number of rotatable bonds is 8. The van der Waals surface area contributed by atoms with Crippen molar-refractivity contribution in [1.82, 2.24) is 9.97 Å². The molecule has 5 heteroatoms. The molecule has 75 heavy (non-hydrogen) atoms. The predicted molar refractivity (Wildman–Crippen MR) is 308 cm³/mol. The Labute approximate surface area is 470 Å². The molecule has 0 bridgehead atoms. The third-order valence-electron chi connectivity index (χ3n) is 16.2. The standard InChI is InChI=1S/C70H62N2O2.Pt/c1-41-32-63(71-39-44(41)4)53-33-60(47-16-12-11-13-17-47)46(6)65(34-53)73-54-35-61-58-27-22-49-21-20-48-18-14-15-19-57(48)66(49)68(58)74-67(61)62(36-54)64-37-59(45(5)40-72-64)56-26-24-51(31-43(56)3)55-25-23-50(30-42(55)2)52-28-29-69(7,8)70(9,10)38-52;/h11-27,30-33,35,37,39-40,52H,28-29,38H2,1-10H3;/q-2;+2/i1D3,4D3,6D3,52D;. The number of hydrogen-bond donors (Lipinski definition) is 0. The molecule has 1 unspecified atom stereocenters. The van der Waals surface area contributed by atoms with E-state index in [1.54, 1.807) is 36.4 Å². The van der Waals surface area contributed by atoms with Crippen LogP contribution in [0.25, 0.3) is 99.4 Å². The van der Waals surface area contributed by atoms with Crippen LogP contribution in [0.5, 0.6) is 11.5 Å². The number of ether oxygens (including phenoxy) is 1. The zero-order valence-corrected chi connectivity index (χ0v) is 45.4. The van der Waals surface area contributed by atoms with E-state index < -0.39 is 37.6 Å². The van der Waals surface area contributed by atoms with E-state index in [9.17, 15) is 1.37 Å². The number of benzene rings is 8. The summed E-state index contributed by atoms with van der Waals surface area (Å²) in [5.74, 6) is -0.739. The van der Waals surface area contributed by atoms with E-state index >= 15 is 0 Å². The van der Waals surface area contributed by atoms with Crippen molar-refractivity contribution >= 4 is 43.5 Å². The van der Waals surface area contributed by atoms with Crippen molar-refractivity contribution in [2.75, 3.05) is 0 Å². The summed E-state index contributed by atoms with van der Waals surface area (Å²) < 4.78 is 100. The Hall–Kier alpha value is -7.13. The van der Waals surface area contributed by atoms with E-state index in [1.807, 2.05) is 43.5 Å². The van der Waals surface area contributed by atoms with Gasteiger partial charge in [0.05, 0.1) is 5.58 Å². The van der Waals surface area contributed by atoms with Gasteiger partial charge in [-0.05, 0) is 154 Å². The summed E-state index contributed by atoms with van der Waals surface area (Å²) in [6.07, 6.45) is 5.49. The first-order valence-corrected chi connectivity index (χ1v) is 25.4. The minimum Gasteiger partial charge on any atom is -0.500 e. The summed E-state index contributed by atoms with van der Waals surface area (Å²) in [6.45, 7) is 7.15. The molecule has 12 rings (SSSR count). The van der Waals surface area contributed by atoms with Crippen molar-refractivity contribution in [3.05, 3.63) is 203 Å². The molecule has 4 nitrogen and oxygen atoms in total. The SMILES string of the molecule is [2H]C([2H])([2H])c1cnc(-c2[c-]c(Oc3[c-]c(-c4cc(-c5ccc(-c6ccc(C7([2H])CCC(C)(C)C(C)(C)C7)cc6C)cc5C)c(C)cn4)c4oc5c(ccc6ccc7ccccc7c65)c4c3)c(C([2H])([2H])[2H])c(-c3ccccc3)c2)cc1C([2H])([2H])[2H].[Pt+2]. The van der Waals surface area contributed by atoms with Crippen LogP contribution in [0.3, 0.4) is 0 Å². The van der Waals surface area contributed by atoms with Gasteiger partial charge in [-0.2, -0.15) is 0 Å². The van der Waals surface area contributed by atoms with Gasteiger partial charge in [0.15, 0.2) is 0 Å². The van der Waals surface area contributed by atoms with Crippen LogP contribution in [0.15, 0.2) is 156 Å². The number of hydrogen-bond acceptors (Lipinski definition) is 4. The molecule has 0 spiro atoms. The Bertz CT molecular complexity index is 4470.